The van der Waals surface area contributed by atoms with Gasteiger partial charge in [-0.05, 0) is 5.56 Å². The number of H-pyrrole nitrogens is 1. The second-order valence-electron chi connectivity index (χ2n) is 4.03. The minimum absolute atomic E-state index is 0.169. The van der Waals surface area contributed by atoms with Crippen LogP contribution >= 0.6 is 11.8 Å². The van der Waals surface area contributed by atoms with Crippen molar-refractivity contribution in [3.05, 3.63) is 48.5 Å². The van der Waals surface area contributed by atoms with E-state index in [9.17, 15) is 0 Å². The van der Waals surface area contributed by atoms with E-state index in [1.807, 2.05) is 18.2 Å². The number of nitrogens with two attached hydrogens (primary N) is 1. The fourth-order valence-corrected chi connectivity index (χ4v) is 2.92. The van der Waals surface area contributed by atoms with E-state index < -0.39 is 0 Å². The maximum absolute atomic E-state index is 5.88. The Morgan fingerprint density at radius 2 is 2.00 bits per heavy atom. The van der Waals surface area contributed by atoms with Crippen LogP contribution in [-0.2, 0) is 0 Å². The van der Waals surface area contributed by atoms with Crippen molar-refractivity contribution in [3.8, 4) is 0 Å². The molecular formula is C13H13N5S. The number of nitrogens with zero attached hydrogens (tertiary/aromatic N) is 3. The van der Waals surface area contributed by atoms with Crippen LogP contribution in [0.25, 0.3) is 11.2 Å². The highest BCUT2D eigenvalue weighted by Crippen LogP contribution is 2.35. The minimum Gasteiger partial charge on any atom is -0.341 e. The number of imidazole rings is 1. The standard InChI is InChI=1S/C13H13N5S/c14-6-10(9-4-2-1-3-5-9)19-13-11-12(16-7-15-11)17-8-18-13/h1-5,7-8,10H,6,14H2,(H,15,16,17,18). The molecule has 2 aromatic heterocycles. The van der Waals surface area contributed by atoms with Crippen LogP contribution in [0.5, 0.6) is 0 Å². The van der Waals surface area contributed by atoms with Gasteiger partial charge >= 0.3 is 0 Å². The average Bonchev–Trinajstić information content (AvgIpc) is 2.95. The van der Waals surface area contributed by atoms with Crippen molar-refractivity contribution < 1.29 is 0 Å². The molecule has 6 heteroatoms. The predicted molar refractivity (Wildman–Crippen MR) is 75.8 cm³/mol. The van der Waals surface area contributed by atoms with Gasteiger partial charge in [0.25, 0.3) is 0 Å². The first-order valence-electron chi connectivity index (χ1n) is 5.94. The van der Waals surface area contributed by atoms with Crippen molar-refractivity contribution in [2.45, 2.75) is 10.3 Å². The molecule has 96 valence electrons. The molecule has 1 unspecified atom stereocenters. The normalized spacial score (nSPS) is 12.7. The second-order valence-corrected chi connectivity index (χ2v) is 5.22. The van der Waals surface area contributed by atoms with Crippen molar-refractivity contribution in [3.63, 3.8) is 0 Å². The Hall–Kier alpha value is -1.92. The van der Waals surface area contributed by atoms with E-state index >= 15 is 0 Å². The number of hydrogen-bond acceptors (Lipinski definition) is 5. The van der Waals surface area contributed by atoms with E-state index in [1.54, 1.807) is 18.1 Å². The van der Waals surface area contributed by atoms with Gasteiger partial charge in [0.2, 0.25) is 0 Å². The number of aromatic nitrogens is 4. The molecule has 0 saturated carbocycles. The van der Waals surface area contributed by atoms with Crippen molar-refractivity contribution >= 4 is 22.9 Å². The predicted octanol–water partition coefficient (Wildman–Crippen LogP) is 2.15. The number of hydrogen-bond donors (Lipinski definition) is 2. The number of nitrogens with one attached hydrogen (secondary N) is 1. The zero-order chi connectivity index (χ0) is 13.1. The lowest BCUT2D eigenvalue weighted by atomic mass is 10.1. The van der Waals surface area contributed by atoms with Crippen molar-refractivity contribution in [1.82, 2.24) is 19.9 Å². The summed E-state index contributed by atoms with van der Waals surface area (Å²) in [6, 6.07) is 10.2. The monoisotopic (exact) mass is 271 g/mol. The van der Waals surface area contributed by atoms with Gasteiger partial charge in [-0.3, -0.25) is 0 Å². The Balaban J connectivity index is 1.93. The lowest BCUT2D eigenvalue weighted by Crippen LogP contribution is -2.09. The summed E-state index contributed by atoms with van der Waals surface area (Å²) in [7, 11) is 0. The van der Waals surface area contributed by atoms with Crippen LogP contribution in [-0.4, -0.2) is 26.5 Å². The van der Waals surface area contributed by atoms with Crippen molar-refractivity contribution in [2.24, 2.45) is 5.73 Å². The number of fused-ring (bicyclic) bond motifs is 1. The first-order chi connectivity index (χ1) is 9.38. The van der Waals surface area contributed by atoms with Crippen molar-refractivity contribution in [1.29, 1.82) is 0 Å². The molecule has 19 heavy (non-hydrogen) atoms. The molecule has 5 nitrogen and oxygen atoms in total. The molecule has 0 spiro atoms. The van der Waals surface area contributed by atoms with Gasteiger partial charge in [0.15, 0.2) is 5.65 Å². The van der Waals surface area contributed by atoms with Gasteiger partial charge in [-0.15, -0.1) is 0 Å². The highest BCUT2D eigenvalue weighted by molar-refractivity contribution is 7.99. The molecule has 0 bridgehead atoms. The Kier molecular flexibility index (Phi) is 3.43. The summed E-state index contributed by atoms with van der Waals surface area (Å²) < 4.78 is 0. The maximum atomic E-state index is 5.88. The van der Waals surface area contributed by atoms with E-state index in [0.29, 0.717) is 12.2 Å². The Morgan fingerprint density at radius 3 is 2.79 bits per heavy atom. The molecule has 3 N–H and O–H groups in total. The van der Waals surface area contributed by atoms with Gasteiger partial charge in [-0.2, -0.15) is 0 Å². The number of rotatable bonds is 4. The van der Waals surface area contributed by atoms with Gasteiger partial charge in [-0.25, -0.2) is 15.0 Å². The highest BCUT2D eigenvalue weighted by Gasteiger charge is 2.15. The third kappa shape index (κ3) is 2.45. The van der Waals surface area contributed by atoms with Gasteiger partial charge < -0.3 is 10.7 Å². The number of benzene rings is 1. The summed E-state index contributed by atoms with van der Waals surface area (Å²) in [5, 5.41) is 1.05. The average molecular weight is 271 g/mol. The Bertz CT molecular complexity index is 667. The molecule has 0 amide bonds. The van der Waals surface area contributed by atoms with Crippen LogP contribution in [0.1, 0.15) is 10.8 Å². The quantitative estimate of drug-likeness (QED) is 0.561. The summed E-state index contributed by atoms with van der Waals surface area (Å²) in [5.74, 6) is 0. The van der Waals surface area contributed by atoms with Crippen LogP contribution in [0.15, 0.2) is 48.0 Å². The zero-order valence-electron chi connectivity index (χ0n) is 10.2. The minimum atomic E-state index is 0.169. The third-order valence-corrected chi connectivity index (χ3v) is 4.11. The first kappa shape index (κ1) is 12.1. The van der Waals surface area contributed by atoms with Crippen LogP contribution in [0.3, 0.4) is 0 Å². The van der Waals surface area contributed by atoms with E-state index in [4.69, 9.17) is 5.73 Å². The topological polar surface area (TPSA) is 80.5 Å². The van der Waals surface area contributed by atoms with E-state index in [0.717, 1.165) is 10.5 Å². The van der Waals surface area contributed by atoms with E-state index in [2.05, 4.69) is 32.1 Å². The molecule has 3 aromatic rings. The smallest absolute Gasteiger partial charge is 0.181 e. The molecule has 0 radical (unpaired) electrons. The second kappa shape index (κ2) is 5.38. The lowest BCUT2D eigenvalue weighted by Gasteiger charge is -2.14. The van der Waals surface area contributed by atoms with E-state index in [-0.39, 0.29) is 5.25 Å². The zero-order valence-corrected chi connectivity index (χ0v) is 11.0. The molecule has 0 fully saturated rings. The van der Waals surface area contributed by atoms with Crippen LogP contribution in [0, 0.1) is 0 Å². The molecular weight excluding hydrogens is 258 g/mol. The summed E-state index contributed by atoms with van der Waals surface area (Å²) in [6.07, 6.45) is 3.16. The third-order valence-electron chi connectivity index (χ3n) is 2.83. The molecule has 0 aliphatic carbocycles. The Morgan fingerprint density at radius 1 is 1.16 bits per heavy atom. The van der Waals surface area contributed by atoms with E-state index in [1.165, 1.54) is 11.9 Å². The van der Waals surface area contributed by atoms with Crippen LogP contribution < -0.4 is 5.73 Å². The fraction of sp³-hybridized carbons (Fsp3) is 0.154. The molecule has 0 saturated heterocycles. The molecule has 3 rings (SSSR count). The molecule has 0 aliphatic rings. The highest BCUT2D eigenvalue weighted by atomic mass is 32.2. The van der Waals surface area contributed by atoms with Crippen molar-refractivity contribution in [2.75, 3.05) is 6.54 Å². The first-order valence-corrected chi connectivity index (χ1v) is 6.82. The largest absolute Gasteiger partial charge is 0.341 e. The Labute approximate surface area is 114 Å². The maximum Gasteiger partial charge on any atom is 0.181 e. The summed E-state index contributed by atoms with van der Waals surface area (Å²) in [4.78, 5) is 15.6. The van der Waals surface area contributed by atoms with Crippen LogP contribution in [0.2, 0.25) is 0 Å². The molecule has 2 heterocycles. The fourth-order valence-electron chi connectivity index (χ4n) is 1.89. The summed E-state index contributed by atoms with van der Waals surface area (Å²) in [6.45, 7) is 0.550. The molecule has 1 atom stereocenters. The SMILES string of the molecule is NCC(Sc1ncnc2nc[nH]c12)c1ccccc1. The summed E-state index contributed by atoms with van der Waals surface area (Å²) in [5.41, 5.74) is 8.62. The lowest BCUT2D eigenvalue weighted by molar-refractivity contribution is 0.934. The van der Waals surface area contributed by atoms with Gasteiger partial charge in [-0.1, -0.05) is 42.1 Å². The van der Waals surface area contributed by atoms with Gasteiger partial charge in [0, 0.05) is 11.8 Å². The van der Waals surface area contributed by atoms with Gasteiger partial charge in [0.05, 0.1) is 6.33 Å². The molecule has 0 aliphatic heterocycles. The number of aromatic amines is 1. The number of thioether (sulfide) groups is 1. The summed E-state index contributed by atoms with van der Waals surface area (Å²) >= 11 is 1.63. The molecule has 1 aromatic carbocycles. The van der Waals surface area contributed by atoms with Gasteiger partial charge in [0.1, 0.15) is 16.9 Å². The van der Waals surface area contributed by atoms with Crippen LogP contribution in [0.4, 0.5) is 0 Å².